The monoisotopic (exact) mass is 380 g/mol. The van der Waals surface area contributed by atoms with E-state index in [1.165, 1.54) is 0 Å². The van der Waals surface area contributed by atoms with Crippen LogP contribution in [-0.2, 0) is 23.6 Å². The number of nitrogens with one attached hydrogen (secondary N) is 1. The predicted octanol–water partition coefficient (Wildman–Crippen LogP) is 3.15. The minimum atomic E-state index is -3.68. The van der Waals surface area contributed by atoms with Crippen molar-refractivity contribution in [3.05, 3.63) is 78.5 Å². The fourth-order valence-corrected chi connectivity index (χ4v) is 4.86. The molecule has 0 saturated carbocycles. The summed E-state index contributed by atoms with van der Waals surface area (Å²) in [6.07, 6.45) is 5.23. The summed E-state index contributed by atoms with van der Waals surface area (Å²) in [6.45, 7) is 2.02. The van der Waals surface area contributed by atoms with Crippen molar-refractivity contribution in [3.63, 3.8) is 0 Å². The van der Waals surface area contributed by atoms with Gasteiger partial charge in [-0.2, -0.15) is 0 Å². The van der Waals surface area contributed by atoms with E-state index < -0.39 is 10.0 Å². The summed E-state index contributed by atoms with van der Waals surface area (Å²) in [5.74, 6) is 0. The third-order valence-corrected chi connectivity index (χ3v) is 6.41. The largest absolute Gasteiger partial charge is 0.347 e. The van der Waals surface area contributed by atoms with Crippen molar-refractivity contribution in [2.24, 2.45) is 7.05 Å². The molecule has 0 fully saturated rings. The molecule has 6 nitrogen and oxygen atoms in total. The number of nitrogens with zero attached hydrogens (tertiary/aromatic N) is 3. The van der Waals surface area contributed by atoms with E-state index in [2.05, 4.69) is 9.71 Å². The molecule has 4 rings (SSSR count). The molecular weight excluding hydrogens is 360 g/mol. The van der Waals surface area contributed by atoms with Crippen molar-refractivity contribution in [1.82, 2.24) is 18.8 Å². The van der Waals surface area contributed by atoms with E-state index in [4.69, 9.17) is 0 Å². The second-order valence-corrected chi connectivity index (χ2v) is 8.12. The molecule has 2 aromatic heterocycles. The van der Waals surface area contributed by atoms with Crippen molar-refractivity contribution < 1.29 is 8.42 Å². The Hall–Kier alpha value is -2.90. The van der Waals surface area contributed by atoms with Gasteiger partial charge in [0, 0.05) is 42.6 Å². The van der Waals surface area contributed by atoms with Crippen LogP contribution in [0.5, 0.6) is 0 Å². The third kappa shape index (κ3) is 3.05. The van der Waals surface area contributed by atoms with Gasteiger partial charge < -0.3 is 9.13 Å². The van der Waals surface area contributed by atoms with E-state index >= 15 is 0 Å². The van der Waals surface area contributed by atoms with Gasteiger partial charge in [-0.05, 0) is 24.6 Å². The lowest BCUT2D eigenvalue weighted by molar-refractivity contribution is 0.581. The molecule has 4 aromatic rings. The van der Waals surface area contributed by atoms with Gasteiger partial charge in [0.1, 0.15) is 4.90 Å². The summed E-state index contributed by atoms with van der Waals surface area (Å²) >= 11 is 0. The molecule has 0 aliphatic heterocycles. The molecule has 0 unspecified atom stereocenters. The van der Waals surface area contributed by atoms with Crippen molar-refractivity contribution >= 4 is 20.9 Å². The van der Waals surface area contributed by atoms with Crippen LogP contribution in [-0.4, -0.2) is 22.5 Å². The van der Waals surface area contributed by atoms with Gasteiger partial charge in [-0.1, -0.05) is 36.4 Å². The highest BCUT2D eigenvalue weighted by Gasteiger charge is 2.24. The Kier molecular flexibility index (Phi) is 4.33. The van der Waals surface area contributed by atoms with E-state index in [1.54, 1.807) is 12.5 Å². The number of para-hydroxylation sites is 2. The van der Waals surface area contributed by atoms with E-state index in [-0.39, 0.29) is 6.54 Å². The predicted molar refractivity (Wildman–Crippen MR) is 105 cm³/mol. The highest BCUT2D eigenvalue weighted by molar-refractivity contribution is 7.89. The molecule has 2 aromatic carbocycles. The molecule has 0 radical (unpaired) electrons. The number of benzene rings is 2. The number of sulfonamides is 1. The highest BCUT2D eigenvalue weighted by Crippen LogP contribution is 2.29. The molecule has 0 amide bonds. The maximum Gasteiger partial charge on any atom is 0.243 e. The first-order chi connectivity index (χ1) is 13.0. The lowest BCUT2D eigenvalue weighted by Crippen LogP contribution is -2.24. The van der Waals surface area contributed by atoms with E-state index in [9.17, 15) is 8.42 Å². The van der Waals surface area contributed by atoms with Gasteiger partial charge in [-0.15, -0.1) is 0 Å². The smallest absolute Gasteiger partial charge is 0.243 e. The molecule has 27 heavy (non-hydrogen) atoms. The van der Waals surface area contributed by atoms with Crippen molar-refractivity contribution in [3.8, 4) is 5.69 Å². The van der Waals surface area contributed by atoms with Crippen LogP contribution in [0.25, 0.3) is 16.6 Å². The highest BCUT2D eigenvalue weighted by atomic mass is 32.2. The first-order valence-corrected chi connectivity index (χ1v) is 10.1. The molecule has 0 aliphatic rings. The zero-order chi connectivity index (χ0) is 19.0. The number of aryl methyl sites for hydroxylation is 1. The van der Waals surface area contributed by atoms with Gasteiger partial charge >= 0.3 is 0 Å². The average Bonchev–Trinajstić information content (AvgIpc) is 3.29. The van der Waals surface area contributed by atoms with Crippen LogP contribution in [0.3, 0.4) is 0 Å². The van der Waals surface area contributed by atoms with E-state index in [1.807, 2.05) is 77.8 Å². The van der Waals surface area contributed by atoms with E-state index in [0.717, 1.165) is 22.2 Å². The fraction of sp³-hybridized carbons (Fsp3) is 0.150. The lowest BCUT2D eigenvalue weighted by Gasteiger charge is -2.12. The Morgan fingerprint density at radius 1 is 1.07 bits per heavy atom. The van der Waals surface area contributed by atoms with Crippen LogP contribution in [0.2, 0.25) is 0 Å². The number of hydrogen-bond acceptors (Lipinski definition) is 3. The van der Waals surface area contributed by atoms with Crippen LogP contribution in [0, 0.1) is 6.92 Å². The number of hydrogen-bond donors (Lipinski definition) is 1. The van der Waals surface area contributed by atoms with Crippen LogP contribution in [0.15, 0.2) is 72.1 Å². The maximum absolute atomic E-state index is 13.1. The van der Waals surface area contributed by atoms with Crippen molar-refractivity contribution in [2.45, 2.75) is 18.4 Å². The van der Waals surface area contributed by atoms with Gasteiger partial charge in [0.25, 0.3) is 0 Å². The summed E-state index contributed by atoms with van der Waals surface area (Å²) in [7, 11) is -1.80. The molecule has 0 saturated heterocycles. The SMILES string of the molecule is Cc1c(S(=O)(=O)NCc2ccccc2-n2ccnc2)c2ccccc2n1C. The Labute approximate surface area is 158 Å². The van der Waals surface area contributed by atoms with Gasteiger partial charge in [0.2, 0.25) is 10.0 Å². The fourth-order valence-electron chi connectivity index (χ4n) is 3.38. The average molecular weight is 380 g/mol. The minimum absolute atomic E-state index is 0.194. The second kappa shape index (κ2) is 6.68. The summed E-state index contributed by atoms with van der Waals surface area (Å²) < 4.78 is 32.8. The number of aromatic nitrogens is 3. The van der Waals surface area contributed by atoms with Gasteiger partial charge in [-0.3, -0.25) is 0 Å². The Balaban J connectivity index is 1.70. The van der Waals surface area contributed by atoms with Crippen LogP contribution in [0.1, 0.15) is 11.3 Å². The Morgan fingerprint density at radius 3 is 2.59 bits per heavy atom. The van der Waals surface area contributed by atoms with Gasteiger partial charge in [0.15, 0.2) is 0 Å². The first kappa shape index (κ1) is 17.5. The zero-order valence-corrected chi connectivity index (χ0v) is 15.9. The van der Waals surface area contributed by atoms with Crippen LogP contribution >= 0.6 is 0 Å². The second-order valence-electron chi connectivity index (χ2n) is 6.41. The Morgan fingerprint density at radius 2 is 1.81 bits per heavy atom. The molecule has 2 heterocycles. The first-order valence-electron chi connectivity index (χ1n) is 8.59. The van der Waals surface area contributed by atoms with Crippen molar-refractivity contribution in [2.75, 3.05) is 0 Å². The van der Waals surface area contributed by atoms with Crippen molar-refractivity contribution in [1.29, 1.82) is 0 Å². The maximum atomic E-state index is 13.1. The molecule has 0 spiro atoms. The zero-order valence-electron chi connectivity index (χ0n) is 15.1. The molecule has 0 atom stereocenters. The number of imidazole rings is 1. The Bertz CT molecular complexity index is 1210. The summed E-state index contributed by atoms with van der Waals surface area (Å²) in [5, 5.41) is 0.730. The lowest BCUT2D eigenvalue weighted by atomic mass is 10.2. The van der Waals surface area contributed by atoms with E-state index in [0.29, 0.717) is 10.6 Å². The summed E-state index contributed by atoms with van der Waals surface area (Å²) in [4.78, 5) is 4.40. The molecule has 0 bridgehead atoms. The summed E-state index contributed by atoms with van der Waals surface area (Å²) in [5.41, 5.74) is 3.38. The number of rotatable bonds is 5. The molecule has 138 valence electrons. The number of fused-ring (bicyclic) bond motifs is 1. The standard InChI is InChI=1S/C20H20N4O2S/c1-15-20(17-8-4-6-10-19(17)23(15)2)27(25,26)22-13-16-7-3-5-9-18(16)24-12-11-21-14-24/h3-12,14,22H,13H2,1-2H3. The van der Waals surface area contributed by atoms with Crippen LogP contribution < -0.4 is 4.72 Å². The molecule has 7 heteroatoms. The third-order valence-electron chi connectivity index (χ3n) is 4.84. The van der Waals surface area contributed by atoms with Gasteiger partial charge in [-0.25, -0.2) is 18.1 Å². The van der Waals surface area contributed by atoms with Gasteiger partial charge in [0.05, 0.1) is 12.0 Å². The molecule has 1 N–H and O–H groups in total. The molecule has 0 aliphatic carbocycles. The quantitative estimate of drug-likeness (QED) is 0.578. The topological polar surface area (TPSA) is 68.9 Å². The molecular formula is C20H20N4O2S. The van der Waals surface area contributed by atoms with Crippen LogP contribution in [0.4, 0.5) is 0 Å². The minimum Gasteiger partial charge on any atom is -0.347 e. The summed E-state index contributed by atoms with van der Waals surface area (Å²) in [6, 6.07) is 15.2. The normalized spacial score (nSPS) is 11.9.